The Morgan fingerprint density at radius 1 is 1.44 bits per heavy atom. The van der Waals surface area contributed by atoms with E-state index in [-0.39, 0.29) is 24.8 Å². The van der Waals surface area contributed by atoms with E-state index in [0.717, 1.165) is 18.8 Å². The standard InChI is InChI=1S/C14H24BNO2/c1-5-6-12(16)15-17-11-8-9-7-10(13(9,2)3)14(11,4)18-15/h5,9-12H,1,6-8,16H2,2-4H3/t9-,10-,11-,12+,14-/m0/s1. The van der Waals surface area contributed by atoms with Crippen molar-refractivity contribution in [3.05, 3.63) is 12.7 Å². The van der Waals surface area contributed by atoms with Crippen LogP contribution >= 0.6 is 0 Å². The van der Waals surface area contributed by atoms with Crippen molar-refractivity contribution in [2.75, 3.05) is 0 Å². The molecule has 1 heterocycles. The lowest BCUT2D eigenvalue weighted by atomic mass is 9.43. The van der Waals surface area contributed by atoms with Crippen LogP contribution in [0.3, 0.4) is 0 Å². The molecule has 0 aromatic heterocycles. The largest absolute Gasteiger partial charge is 0.475 e. The zero-order valence-electron chi connectivity index (χ0n) is 11.7. The van der Waals surface area contributed by atoms with Crippen molar-refractivity contribution in [1.82, 2.24) is 0 Å². The average Bonchev–Trinajstić information content (AvgIpc) is 2.65. The van der Waals surface area contributed by atoms with Crippen LogP contribution in [0.5, 0.6) is 0 Å². The van der Waals surface area contributed by atoms with Gasteiger partial charge in [-0.25, -0.2) is 0 Å². The number of rotatable bonds is 3. The fraction of sp³-hybridized carbons (Fsp3) is 0.857. The number of nitrogens with two attached hydrogens (primary N) is 1. The van der Waals surface area contributed by atoms with Gasteiger partial charge in [0.15, 0.2) is 0 Å². The average molecular weight is 249 g/mol. The first-order valence-corrected chi connectivity index (χ1v) is 7.09. The maximum Gasteiger partial charge on any atom is 0.475 e. The highest BCUT2D eigenvalue weighted by molar-refractivity contribution is 6.47. The van der Waals surface area contributed by atoms with Gasteiger partial charge in [-0.3, -0.25) is 0 Å². The predicted octanol–water partition coefficient (Wildman–Crippen LogP) is 2.16. The summed E-state index contributed by atoms with van der Waals surface area (Å²) in [4.78, 5) is 0. The van der Waals surface area contributed by atoms with Gasteiger partial charge in [-0.1, -0.05) is 19.9 Å². The smallest absolute Gasteiger partial charge is 0.404 e. The van der Waals surface area contributed by atoms with Gasteiger partial charge in [0.05, 0.1) is 11.7 Å². The Balaban J connectivity index is 1.78. The van der Waals surface area contributed by atoms with Crippen molar-refractivity contribution in [1.29, 1.82) is 0 Å². The summed E-state index contributed by atoms with van der Waals surface area (Å²) in [6.07, 6.45) is 5.22. The van der Waals surface area contributed by atoms with Crippen LogP contribution in [0, 0.1) is 17.3 Å². The monoisotopic (exact) mass is 249 g/mol. The molecule has 3 aliphatic carbocycles. The van der Waals surface area contributed by atoms with E-state index in [4.69, 9.17) is 15.0 Å². The Hall–Kier alpha value is -0.315. The molecule has 0 unspecified atom stereocenters. The molecule has 100 valence electrons. The van der Waals surface area contributed by atoms with Crippen LogP contribution in [0.4, 0.5) is 0 Å². The van der Waals surface area contributed by atoms with Gasteiger partial charge in [-0.15, -0.1) is 6.58 Å². The molecule has 3 nitrogen and oxygen atoms in total. The molecule has 3 saturated carbocycles. The quantitative estimate of drug-likeness (QED) is 0.615. The van der Waals surface area contributed by atoms with Gasteiger partial charge in [0.2, 0.25) is 0 Å². The molecule has 1 aliphatic heterocycles. The molecule has 4 aliphatic rings. The second-order valence-electron chi connectivity index (χ2n) is 7.03. The maximum atomic E-state index is 6.26. The van der Waals surface area contributed by atoms with E-state index in [9.17, 15) is 0 Å². The second kappa shape index (κ2) is 3.84. The highest BCUT2D eigenvalue weighted by Crippen LogP contribution is 2.65. The van der Waals surface area contributed by atoms with E-state index in [1.54, 1.807) is 0 Å². The summed E-state index contributed by atoms with van der Waals surface area (Å²) >= 11 is 0. The van der Waals surface area contributed by atoms with Gasteiger partial charge >= 0.3 is 7.12 Å². The fourth-order valence-electron chi connectivity index (χ4n) is 4.39. The van der Waals surface area contributed by atoms with Gasteiger partial charge in [-0.05, 0) is 43.4 Å². The van der Waals surface area contributed by atoms with Crippen LogP contribution in [-0.4, -0.2) is 24.8 Å². The van der Waals surface area contributed by atoms with Crippen molar-refractivity contribution in [3.63, 3.8) is 0 Å². The van der Waals surface area contributed by atoms with Crippen molar-refractivity contribution in [3.8, 4) is 0 Å². The minimum Gasteiger partial charge on any atom is -0.404 e. The van der Waals surface area contributed by atoms with Crippen LogP contribution in [0.2, 0.25) is 0 Å². The van der Waals surface area contributed by atoms with Crippen molar-refractivity contribution in [2.45, 2.75) is 57.7 Å². The first kappa shape index (κ1) is 12.7. The summed E-state index contributed by atoms with van der Waals surface area (Å²) in [7, 11) is -0.256. The van der Waals surface area contributed by atoms with Crippen molar-refractivity contribution in [2.24, 2.45) is 23.0 Å². The van der Waals surface area contributed by atoms with Crippen LogP contribution in [0.25, 0.3) is 0 Å². The van der Waals surface area contributed by atoms with Crippen LogP contribution in [-0.2, 0) is 9.31 Å². The molecule has 1 saturated heterocycles. The SMILES string of the molecule is C=CC[C@@H](N)B1O[C@H]2C[C@@H]3C[C@@H](C3(C)C)[C@]2(C)O1. The fourth-order valence-corrected chi connectivity index (χ4v) is 4.39. The zero-order chi connectivity index (χ0) is 13.1. The molecule has 4 rings (SSSR count). The molecule has 4 heteroatoms. The van der Waals surface area contributed by atoms with E-state index in [1.807, 2.05) is 6.08 Å². The van der Waals surface area contributed by atoms with E-state index in [0.29, 0.717) is 11.3 Å². The maximum absolute atomic E-state index is 6.26. The Morgan fingerprint density at radius 2 is 2.17 bits per heavy atom. The minimum absolute atomic E-state index is 0.0924. The Labute approximate surface area is 110 Å². The number of hydrogen-bond acceptors (Lipinski definition) is 3. The van der Waals surface area contributed by atoms with Crippen LogP contribution < -0.4 is 5.73 Å². The first-order valence-electron chi connectivity index (χ1n) is 7.09. The molecule has 0 aromatic carbocycles. The van der Waals surface area contributed by atoms with E-state index >= 15 is 0 Å². The van der Waals surface area contributed by atoms with Crippen molar-refractivity contribution < 1.29 is 9.31 Å². The Kier molecular flexibility index (Phi) is 2.71. The second-order valence-corrected chi connectivity index (χ2v) is 7.03. The summed E-state index contributed by atoms with van der Waals surface area (Å²) < 4.78 is 12.3. The van der Waals surface area contributed by atoms with Gasteiger partial charge in [-0.2, -0.15) is 0 Å². The molecule has 0 aromatic rings. The van der Waals surface area contributed by atoms with Gasteiger partial charge in [0.25, 0.3) is 0 Å². The van der Waals surface area contributed by atoms with E-state index in [2.05, 4.69) is 27.4 Å². The molecule has 2 N–H and O–H groups in total. The van der Waals surface area contributed by atoms with Gasteiger partial charge in [0, 0.05) is 5.94 Å². The molecule has 4 fully saturated rings. The van der Waals surface area contributed by atoms with Gasteiger partial charge < -0.3 is 15.0 Å². The molecule has 5 atom stereocenters. The summed E-state index contributed by atoms with van der Waals surface area (Å²) in [6, 6.07) is 0. The van der Waals surface area contributed by atoms with Crippen molar-refractivity contribution >= 4 is 7.12 Å². The lowest BCUT2D eigenvalue weighted by Gasteiger charge is -2.64. The highest BCUT2D eigenvalue weighted by Gasteiger charge is 2.68. The van der Waals surface area contributed by atoms with E-state index in [1.165, 1.54) is 6.42 Å². The summed E-state index contributed by atoms with van der Waals surface area (Å²) in [6.45, 7) is 10.7. The lowest BCUT2D eigenvalue weighted by molar-refractivity contribution is -0.199. The minimum atomic E-state index is -0.256. The predicted molar refractivity (Wildman–Crippen MR) is 72.9 cm³/mol. The molecule has 0 radical (unpaired) electrons. The summed E-state index contributed by atoms with van der Waals surface area (Å²) in [5.41, 5.74) is 6.37. The topological polar surface area (TPSA) is 44.5 Å². The third-order valence-electron chi connectivity index (χ3n) is 5.76. The molecule has 0 spiro atoms. The first-order chi connectivity index (χ1) is 8.39. The number of hydrogen-bond donors (Lipinski definition) is 1. The zero-order valence-corrected chi connectivity index (χ0v) is 11.7. The molecular formula is C14H24BNO2. The van der Waals surface area contributed by atoms with Crippen LogP contribution in [0.1, 0.15) is 40.0 Å². The molecule has 2 bridgehead atoms. The third kappa shape index (κ3) is 1.49. The van der Waals surface area contributed by atoms with Crippen LogP contribution in [0.15, 0.2) is 12.7 Å². The molecular weight excluding hydrogens is 225 g/mol. The molecule has 18 heavy (non-hydrogen) atoms. The van der Waals surface area contributed by atoms with Gasteiger partial charge in [0.1, 0.15) is 0 Å². The normalized spacial score (nSPS) is 46.2. The third-order valence-corrected chi connectivity index (χ3v) is 5.76. The highest BCUT2D eigenvalue weighted by atomic mass is 16.7. The molecule has 0 amide bonds. The summed E-state index contributed by atoms with van der Waals surface area (Å²) in [5.74, 6) is 1.30. The van der Waals surface area contributed by atoms with E-state index < -0.39 is 0 Å². The Morgan fingerprint density at radius 3 is 2.78 bits per heavy atom. The lowest BCUT2D eigenvalue weighted by Crippen LogP contribution is -2.65. The summed E-state index contributed by atoms with van der Waals surface area (Å²) in [5, 5.41) is 0. The Bertz CT molecular complexity index is 373.